The maximum atomic E-state index is 8.47. The summed E-state index contributed by atoms with van der Waals surface area (Å²) >= 11 is 0. The predicted octanol–water partition coefficient (Wildman–Crippen LogP) is 3.84. The molecule has 0 aromatic rings. The van der Waals surface area contributed by atoms with Crippen LogP contribution in [0.15, 0.2) is 24.3 Å². The van der Waals surface area contributed by atoms with Crippen molar-refractivity contribution in [1.82, 2.24) is 0 Å². The van der Waals surface area contributed by atoms with Gasteiger partial charge in [0.25, 0.3) is 0 Å². The first kappa shape index (κ1) is 13.4. The van der Waals surface area contributed by atoms with Gasteiger partial charge in [-0.05, 0) is 12.8 Å². The first-order valence-electron chi connectivity index (χ1n) is 5.84. The zero-order chi connectivity index (χ0) is 10.5. The van der Waals surface area contributed by atoms with E-state index in [1.807, 2.05) is 12.2 Å². The summed E-state index contributed by atoms with van der Waals surface area (Å²) in [6.07, 6.45) is 17.1. The van der Waals surface area contributed by atoms with Gasteiger partial charge in [-0.25, -0.2) is 0 Å². The number of aliphatic hydroxyl groups is 1. The lowest BCUT2D eigenvalue weighted by Crippen LogP contribution is -1.77. The van der Waals surface area contributed by atoms with Gasteiger partial charge in [-0.2, -0.15) is 0 Å². The molecule has 82 valence electrons. The van der Waals surface area contributed by atoms with Crippen molar-refractivity contribution in [3.05, 3.63) is 24.3 Å². The van der Waals surface area contributed by atoms with Crippen LogP contribution in [-0.2, 0) is 0 Å². The molecule has 0 bridgehead atoms. The summed E-state index contributed by atoms with van der Waals surface area (Å²) in [5.74, 6) is 0. The number of aliphatic hydroxyl groups excluding tert-OH is 1. The fraction of sp³-hybridized carbons (Fsp3) is 0.692. The molecule has 0 rings (SSSR count). The largest absolute Gasteiger partial charge is 0.392 e. The zero-order valence-corrected chi connectivity index (χ0v) is 9.41. The van der Waals surface area contributed by atoms with Gasteiger partial charge in [0.1, 0.15) is 0 Å². The lowest BCUT2D eigenvalue weighted by atomic mass is 10.1. The van der Waals surface area contributed by atoms with Crippen LogP contribution >= 0.6 is 0 Å². The van der Waals surface area contributed by atoms with Crippen molar-refractivity contribution in [2.75, 3.05) is 6.61 Å². The molecule has 0 radical (unpaired) electrons. The van der Waals surface area contributed by atoms with E-state index in [2.05, 4.69) is 13.0 Å². The Morgan fingerprint density at radius 3 is 2.21 bits per heavy atom. The first-order chi connectivity index (χ1) is 6.91. The fourth-order valence-corrected chi connectivity index (χ4v) is 1.36. The molecule has 0 heterocycles. The summed E-state index contributed by atoms with van der Waals surface area (Å²) < 4.78 is 0. The van der Waals surface area contributed by atoms with Crippen LogP contribution in [0.1, 0.15) is 51.9 Å². The molecule has 1 heteroatoms. The van der Waals surface area contributed by atoms with Crippen LogP contribution in [0.3, 0.4) is 0 Å². The number of allylic oxidation sites excluding steroid dienone is 3. The van der Waals surface area contributed by atoms with Crippen molar-refractivity contribution >= 4 is 0 Å². The lowest BCUT2D eigenvalue weighted by Gasteiger charge is -1.97. The second kappa shape index (κ2) is 12.4. The summed E-state index contributed by atoms with van der Waals surface area (Å²) in [6, 6.07) is 0. The highest BCUT2D eigenvalue weighted by Gasteiger charge is 1.87. The topological polar surface area (TPSA) is 20.2 Å². The highest BCUT2D eigenvalue weighted by molar-refractivity contribution is 5.02. The molecular weight excluding hydrogens is 172 g/mol. The third-order valence-corrected chi connectivity index (χ3v) is 2.21. The summed E-state index contributed by atoms with van der Waals surface area (Å²) in [5.41, 5.74) is 0. The standard InChI is InChI=1S/C13H24O/c1-2-3-4-5-6-7-8-9-10-11-12-13-14/h9-12,14H,2-8,13H2,1H3/b10-9+,12-11+. The maximum Gasteiger partial charge on any atom is 0.0615 e. The Morgan fingerprint density at radius 2 is 1.50 bits per heavy atom. The van der Waals surface area contributed by atoms with Crippen molar-refractivity contribution in [2.45, 2.75) is 51.9 Å². The molecule has 0 aromatic heterocycles. The van der Waals surface area contributed by atoms with Gasteiger partial charge in [-0.15, -0.1) is 0 Å². The van der Waals surface area contributed by atoms with Crippen LogP contribution in [0.4, 0.5) is 0 Å². The van der Waals surface area contributed by atoms with Gasteiger partial charge in [0.2, 0.25) is 0 Å². The fourth-order valence-electron chi connectivity index (χ4n) is 1.36. The average molecular weight is 196 g/mol. The van der Waals surface area contributed by atoms with Crippen molar-refractivity contribution in [3.8, 4) is 0 Å². The van der Waals surface area contributed by atoms with E-state index in [1.165, 1.54) is 44.9 Å². The Hall–Kier alpha value is -0.560. The monoisotopic (exact) mass is 196 g/mol. The Bertz CT molecular complexity index is 147. The highest BCUT2D eigenvalue weighted by atomic mass is 16.2. The SMILES string of the molecule is CCCCCCCC/C=C/C=C/CO. The number of hydrogen-bond donors (Lipinski definition) is 1. The molecule has 0 spiro atoms. The van der Waals surface area contributed by atoms with E-state index in [0.29, 0.717) is 0 Å². The van der Waals surface area contributed by atoms with E-state index in [-0.39, 0.29) is 6.61 Å². The summed E-state index contributed by atoms with van der Waals surface area (Å²) in [7, 11) is 0. The Labute approximate surface area is 88.5 Å². The van der Waals surface area contributed by atoms with Crippen LogP contribution in [0, 0.1) is 0 Å². The van der Waals surface area contributed by atoms with E-state index in [4.69, 9.17) is 5.11 Å². The predicted molar refractivity (Wildman–Crippen MR) is 63.4 cm³/mol. The summed E-state index contributed by atoms with van der Waals surface area (Å²) in [4.78, 5) is 0. The molecule has 1 nitrogen and oxygen atoms in total. The minimum absolute atomic E-state index is 0.140. The molecule has 0 fully saturated rings. The van der Waals surface area contributed by atoms with Gasteiger partial charge < -0.3 is 5.11 Å². The number of hydrogen-bond acceptors (Lipinski definition) is 1. The van der Waals surface area contributed by atoms with Gasteiger partial charge in [-0.3, -0.25) is 0 Å². The molecule has 0 atom stereocenters. The average Bonchev–Trinajstić information content (AvgIpc) is 2.21. The van der Waals surface area contributed by atoms with E-state index in [1.54, 1.807) is 6.08 Å². The highest BCUT2D eigenvalue weighted by Crippen LogP contribution is 2.06. The van der Waals surface area contributed by atoms with Gasteiger partial charge in [0, 0.05) is 0 Å². The van der Waals surface area contributed by atoms with Crippen molar-refractivity contribution < 1.29 is 5.11 Å². The van der Waals surface area contributed by atoms with Crippen LogP contribution < -0.4 is 0 Å². The Morgan fingerprint density at radius 1 is 0.857 bits per heavy atom. The quantitative estimate of drug-likeness (QED) is 0.439. The summed E-state index contributed by atoms with van der Waals surface area (Å²) in [6.45, 7) is 2.39. The third kappa shape index (κ3) is 11.4. The molecule has 0 amide bonds. The van der Waals surface area contributed by atoms with Gasteiger partial charge in [0.05, 0.1) is 6.61 Å². The molecule has 0 aromatic carbocycles. The molecular formula is C13H24O. The molecule has 0 saturated carbocycles. The van der Waals surface area contributed by atoms with E-state index >= 15 is 0 Å². The van der Waals surface area contributed by atoms with Crippen molar-refractivity contribution in [2.24, 2.45) is 0 Å². The molecule has 0 saturated heterocycles. The smallest absolute Gasteiger partial charge is 0.0615 e. The molecule has 1 N–H and O–H groups in total. The van der Waals surface area contributed by atoms with E-state index in [9.17, 15) is 0 Å². The van der Waals surface area contributed by atoms with E-state index in [0.717, 1.165) is 0 Å². The third-order valence-electron chi connectivity index (χ3n) is 2.21. The number of unbranched alkanes of at least 4 members (excludes halogenated alkanes) is 6. The second-order valence-corrected chi connectivity index (χ2v) is 3.60. The Kier molecular flexibility index (Phi) is 11.9. The van der Waals surface area contributed by atoms with Gasteiger partial charge in [-0.1, -0.05) is 63.3 Å². The maximum absolute atomic E-state index is 8.47. The van der Waals surface area contributed by atoms with E-state index < -0.39 is 0 Å². The normalized spacial score (nSPS) is 11.9. The number of rotatable bonds is 9. The van der Waals surface area contributed by atoms with Crippen molar-refractivity contribution in [1.29, 1.82) is 0 Å². The first-order valence-corrected chi connectivity index (χ1v) is 5.84. The molecule has 0 unspecified atom stereocenters. The van der Waals surface area contributed by atoms with Crippen LogP contribution in [-0.4, -0.2) is 11.7 Å². The van der Waals surface area contributed by atoms with Crippen LogP contribution in [0.5, 0.6) is 0 Å². The minimum Gasteiger partial charge on any atom is -0.392 e. The second-order valence-electron chi connectivity index (χ2n) is 3.60. The lowest BCUT2D eigenvalue weighted by molar-refractivity contribution is 0.343. The molecule has 0 aliphatic carbocycles. The minimum atomic E-state index is 0.140. The Balaban J connectivity index is 3.05. The van der Waals surface area contributed by atoms with Crippen molar-refractivity contribution in [3.63, 3.8) is 0 Å². The molecule has 0 aliphatic heterocycles. The molecule has 0 aliphatic rings. The van der Waals surface area contributed by atoms with Gasteiger partial charge >= 0.3 is 0 Å². The van der Waals surface area contributed by atoms with Crippen LogP contribution in [0.2, 0.25) is 0 Å². The van der Waals surface area contributed by atoms with Gasteiger partial charge in [0.15, 0.2) is 0 Å². The van der Waals surface area contributed by atoms with Crippen LogP contribution in [0.25, 0.3) is 0 Å². The molecule has 14 heavy (non-hydrogen) atoms. The zero-order valence-electron chi connectivity index (χ0n) is 9.41. The summed E-state index contributed by atoms with van der Waals surface area (Å²) in [5, 5.41) is 8.47.